The molecule has 1 N–H and O–H groups in total. The summed E-state index contributed by atoms with van der Waals surface area (Å²) >= 11 is 0. The van der Waals surface area contributed by atoms with Gasteiger partial charge in [0.15, 0.2) is 0 Å². The largest absolute Gasteiger partial charge is 0.326 e. The molecule has 0 atom stereocenters. The third-order valence-electron chi connectivity index (χ3n) is 2.76. The molecule has 0 spiro atoms. The van der Waals surface area contributed by atoms with E-state index in [1.165, 1.54) is 0 Å². The van der Waals surface area contributed by atoms with Crippen LogP contribution in [-0.2, 0) is 4.79 Å². The van der Waals surface area contributed by atoms with Gasteiger partial charge in [-0.1, -0.05) is 56.3 Å². The second kappa shape index (κ2) is 5.50. The monoisotopic (exact) mass is 239 g/mol. The summed E-state index contributed by atoms with van der Waals surface area (Å²) in [7, 11) is 0. The summed E-state index contributed by atoms with van der Waals surface area (Å²) in [6.45, 7) is 3.77. The molecule has 2 rings (SSSR count). The van der Waals surface area contributed by atoms with Gasteiger partial charge in [0.2, 0.25) is 5.91 Å². The van der Waals surface area contributed by atoms with Gasteiger partial charge in [-0.2, -0.15) is 0 Å². The van der Waals surface area contributed by atoms with Gasteiger partial charge in [0.05, 0.1) is 0 Å². The van der Waals surface area contributed by atoms with Crippen molar-refractivity contribution in [1.82, 2.24) is 0 Å². The molecule has 0 unspecified atom stereocenters. The standard InChI is InChI=1S/C16H17NO/c1-12(2)16(18)17-15-10-6-9-14(11-15)13-7-4-3-5-8-13/h3-12H,1-2H3,(H,17,18). The predicted octanol–water partition coefficient (Wildman–Crippen LogP) is 3.95. The Hall–Kier alpha value is -2.09. The Balaban J connectivity index is 2.23. The molecule has 2 aromatic rings. The number of nitrogens with one attached hydrogen (secondary N) is 1. The molecule has 0 fully saturated rings. The highest BCUT2D eigenvalue weighted by Crippen LogP contribution is 2.22. The Kier molecular flexibility index (Phi) is 3.78. The second-order valence-corrected chi connectivity index (χ2v) is 4.59. The van der Waals surface area contributed by atoms with E-state index in [4.69, 9.17) is 0 Å². The molecule has 2 nitrogen and oxygen atoms in total. The molecule has 0 bridgehead atoms. The van der Waals surface area contributed by atoms with Gasteiger partial charge in [-0.3, -0.25) is 4.79 Å². The van der Waals surface area contributed by atoms with Crippen LogP contribution in [0.4, 0.5) is 5.69 Å². The van der Waals surface area contributed by atoms with Crippen molar-refractivity contribution in [3.63, 3.8) is 0 Å². The van der Waals surface area contributed by atoms with E-state index in [-0.39, 0.29) is 11.8 Å². The molecule has 0 heterocycles. The third kappa shape index (κ3) is 2.98. The maximum atomic E-state index is 11.6. The molecule has 0 radical (unpaired) electrons. The highest BCUT2D eigenvalue weighted by molar-refractivity contribution is 5.92. The summed E-state index contributed by atoms with van der Waals surface area (Å²) in [6.07, 6.45) is 0. The summed E-state index contributed by atoms with van der Waals surface area (Å²) in [5, 5.41) is 2.91. The van der Waals surface area contributed by atoms with Crippen LogP contribution in [0.5, 0.6) is 0 Å². The predicted molar refractivity (Wildman–Crippen MR) is 75.3 cm³/mol. The van der Waals surface area contributed by atoms with Crippen molar-refractivity contribution >= 4 is 11.6 Å². The van der Waals surface area contributed by atoms with Gasteiger partial charge < -0.3 is 5.32 Å². The van der Waals surface area contributed by atoms with E-state index in [1.54, 1.807) is 0 Å². The maximum absolute atomic E-state index is 11.6. The van der Waals surface area contributed by atoms with Crippen LogP contribution in [-0.4, -0.2) is 5.91 Å². The van der Waals surface area contributed by atoms with Crippen molar-refractivity contribution < 1.29 is 4.79 Å². The van der Waals surface area contributed by atoms with Gasteiger partial charge in [0, 0.05) is 11.6 Å². The average Bonchev–Trinajstić information content (AvgIpc) is 2.40. The second-order valence-electron chi connectivity index (χ2n) is 4.59. The minimum atomic E-state index is -0.00891. The lowest BCUT2D eigenvalue weighted by atomic mass is 10.1. The quantitative estimate of drug-likeness (QED) is 0.863. The van der Waals surface area contributed by atoms with E-state index in [0.29, 0.717) is 0 Å². The molecule has 0 aliphatic heterocycles. The van der Waals surface area contributed by atoms with Crippen molar-refractivity contribution in [2.45, 2.75) is 13.8 Å². The maximum Gasteiger partial charge on any atom is 0.226 e. The molecule has 2 aromatic carbocycles. The number of anilines is 1. The van der Waals surface area contributed by atoms with Crippen LogP contribution in [0.3, 0.4) is 0 Å². The van der Waals surface area contributed by atoms with Gasteiger partial charge >= 0.3 is 0 Å². The van der Waals surface area contributed by atoms with Crippen molar-refractivity contribution in [3.8, 4) is 11.1 Å². The number of carbonyl (C=O) groups is 1. The van der Waals surface area contributed by atoms with Gasteiger partial charge in [-0.15, -0.1) is 0 Å². The molecular weight excluding hydrogens is 222 g/mol. The Morgan fingerprint density at radius 1 is 0.944 bits per heavy atom. The van der Waals surface area contributed by atoms with E-state index in [9.17, 15) is 4.79 Å². The van der Waals surface area contributed by atoms with Crippen LogP contribution in [0.15, 0.2) is 54.6 Å². The molecule has 2 heteroatoms. The SMILES string of the molecule is CC(C)C(=O)Nc1cccc(-c2ccccc2)c1. The Labute approximate surface area is 108 Å². The molecule has 0 aliphatic rings. The van der Waals surface area contributed by atoms with Crippen molar-refractivity contribution in [3.05, 3.63) is 54.6 Å². The average molecular weight is 239 g/mol. The fourth-order valence-corrected chi connectivity index (χ4v) is 1.69. The fourth-order valence-electron chi connectivity index (χ4n) is 1.69. The molecule has 0 aliphatic carbocycles. The summed E-state index contributed by atoms with van der Waals surface area (Å²) in [6, 6.07) is 18.0. The van der Waals surface area contributed by atoms with Crippen LogP contribution in [0.2, 0.25) is 0 Å². The van der Waals surface area contributed by atoms with Crippen LogP contribution >= 0.6 is 0 Å². The van der Waals surface area contributed by atoms with Gasteiger partial charge in [0.25, 0.3) is 0 Å². The van der Waals surface area contributed by atoms with E-state index in [1.807, 2.05) is 56.3 Å². The number of carbonyl (C=O) groups excluding carboxylic acids is 1. The minimum absolute atomic E-state index is 0.00891. The topological polar surface area (TPSA) is 29.1 Å². The van der Waals surface area contributed by atoms with Gasteiger partial charge in [-0.05, 0) is 23.3 Å². The lowest BCUT2D eigenvalue weighted by Crippen LogP contribution is -2.17. The minimum Gasteiger partial charge on any atom is -0.326 e. The zero-order valence-electron chi connectivity index (χ0n) is 10.7. The molecule has 0 saturated heterocycles. The first-order valence-corrected chi connectivity index (χ1v) is 6.13. The number of amides is 1. The summed E-state index contributed by atoms with van der Waals surface area (Å²) in [5.41, 5.74) is 3.10. The van der Waals surface area contributed by atoms with Crippen LogP contribution < -0.4 is 5.32 Å². The molecule has 92 valence electrons. The lowest BCUT2D eigenvalue weighted by molar-refractivity contribution is -0.118. The van der Waals surface area contributed by atoms with Crippen LogP contribution in [0.1, 0.15) is 13.8 Å². The summed E-state index contributed by atoms with van der Waals surface area (Å²) in [5.74, 6) is 0.0330. The Bertz CT molecular complexity index is 532. The highest BCUT2D eigenvalue weighted by Gasteiger charge is 2.07. The molecular formula is C16H17NO. The first-order valence-electron chi connectivity index (χ1n) is 6.13. The summed E-state index contributed by atoms with van der Waals surface area (Å²) in [4.78, 5) is 11.6. The van der Waals surface area contributed by atoms with Crippen molar-refractivity contribution in [2.75, 3.05) is 5.32 Å². The smallest absolute Gasteiger partial charge is 0.226 e. The van der Waals surface area contributed by atoms with E-state index < -0.39 is 0 Å². The van der Waals surface area contributed by atoms with Gasteiger partial charge in [0.1, 0.15) is 0 Å². The van der Waals surface area contributed by atoms with E-state index in [2.05, 4.69) is 17.4 Å². The Morgan fingerprint density at radius 3 is 2.28 bits per heavy atom. The number of hydrogen-bond donors (Lipinski definition) is 1. The van der Waals surface area contributed by atoms with Crippen molar-refractivity contribution in [1.29, 1.82) is 0 Å². The molecule has 18 heavy (non-hydrogen) atoms. The first-order chi connectivity index (χ1) is 8.66. The van der Waals surface area contributed by atoms with Crippen molar-refractivity contribution in [2.24, 2.45) is 5.92 Å². The van der Waals surface area contributed by atoms with Gasteiger partial charge in [-0.25, -0.2) is 0 Å². The fraction of sp³-hybridized carbons (Fsp3) is 0.188. The highest BCUT2D eigenvalue weighted by atomic mass is 16.1. The zero-order valence-corrected chi connectivity index (χ0v) is 10.7. The number of rotatable bonds is 3. The Morgan fingerprint density at radius 2 is 1.61 bits per heavy atom. The lowest BCUT2D eigenvalue weighted by Gasteiger charge is -2.09. The summed E-state index contributed by atoms with van der Waals surface area (Å²) < 4.78 is 0. The van der Waals surface area contributed by atoms with Crippen LogP contribution in [0.25, 0.3) is 11.1 Å². The number of hydrogen-bond acceptors (Lipinski definition) is 1. The third-order valence-corrected chi connectivity index (χ3v) is 2.76. The number of benzene rings is 2. The van der Waals surface area contributed by atoms with E-state index >= 15 is 0 Å². The van der Waals surface area contributed by atoms with E-state index in [0.717, 1.165) is 16.8 Å². The van der Waals surface area contributed by atoms with Crippen LogP contribution in [0, 0.1) is 5.92 Å². The molecule has 0 saturated carbocycles. The first kappa shape index (κ1) is 12.4. The molecule has 0 aromatic heterocycles. The zero-order chi connectivity index (χ0) is 13.0. The normalized spacial score (nSPS) is 10.4. The molecule has 1 amide bonds.